The van der Waals surface area contributed by atoms with E-state index in [9.17, 15) is 13.6 Å². The van der Waals surface area contributed by atoms with Gasteiger partial charge in [0.1, 0.15) is 11.6 Å². The molecule has 1 aliphatic heterocycles. The van der Waals surface area contributed by atoms with Gasteiger partial charge in [0.25, 0.3) is 0 Å². The lowest BCUT2D eigenvalue weighted by molar-refractivity contribution is -0.128. The Balaban J connectivity index is 2.08. The molecule has 1 atom stereocenters. The van der Waals surface area contributed by atoms with E-state index in [4.69, 9.17) is 5.11 Å². The van der Waals surface area contributed by atoms with Crippen LogP contribution in [-0.2, 0) is 11.3 Å². The third-order valence-electron chi connectivity index (χ3n) is 2.93. The van der Waals surface area contributed by atoms with Crippen molar-refractivity contribution in [1.29, 1.82) is 0 Å². The van der Waals surface area contributed by atoms with E-state index >= 15 is 0 Å². The maximum atomic E-state index is 13.4. The number of likely N-dealkylation sites (tertiary alicyclic amines) is 1. The maximum Gasteiger partial charge on any atom is 0.223 e. The molecule has 1 aliphatic rings. The molecule has 0 aliphatic carbocycles. The molecule has 1 aromatic carbocycles. The molecule has 1 fully saturated rings. The highest BCUT2D eigenvalue weighted by Crippen LogP contribution is 2.21. The van der Waals surface area contributed by atoms with Crippen molar-refractivity contribution in [1.82, 2.24) is 4.90 Å². The van der Waals surface area contributed by atoms with E-state index in [2.05, 4.69) is 0 Å². The van der Waals surface area contributed by atoms with Gasteiger partial charge in [0.15, 0.2) is 0 Å². The van der Waals surface area contributed by atoms with Crippen LogP contribution in [0.3, 0.4) is 0 Å². The Morgan fingerprint density at radius 1 is 1.41 bits per heavy atom. The van der Waals surface area contributed by atoms with Gasteiger partial charge in [-0.1, -0.05) is 6.07 Å². The second-order valence-corrected chi connectivity index (χ2v) is 4.26. The van der Waals surface area contributed by atoms with Crippen LogP contribution < -0.4 is 0 Å². The van der Waals surface area contributed by atoms with E-state index in [0.717, 1.165) is 6.07 Å². The zero-order valence-electron chi connectivity index (χ0n) is 9.20. The summed E-state index contributed by atoms with van der Waals surface area (Å²) >= 11 is 0. The van der Waals surface area contributed by atoms with Gasteiger partial charge < -0.3 is 10.0 Å². The van der Waals surface area contributed by atoms with E-state index in [-0.39, 0.29) is 25.0 Å². The maximum absolute atomic E-state index is 13.4. The van der Waals surface area contributed by atoms with Gasteiger partial charge in [-0.25, -0.2) is 8.78 Å². The summed E-state index contributed by atoms with van der Waals surface area (Å²) in [7, 11) is 0. The number of hydrogen-bond donors (Lipinski definition) is 1. The number of amides is 1. The van der Waals surface area contributed by atoms with E-state index in [1.165, 1.54) is 17.0 Å². The molecule has 3 nitrogen and oxygen atoms in total. The first-order valence-electron chi connectivity index (χ1n) is 5.42. The van der Waals surface area contributed by atoms with E-state index < -0.39 is 11.6 Å². The summed E-state index contributed by atoms with van der Waals surface area (Å²) in [4.78, 5) is 13.0. The fraction of sp³-hybridized carbons (Fsp3) is 0.417. The van der Waals surface area contributed by atoms with Crippen LogP contribution in [0.4, 0.5) is 8.78 Å². The number of aliphatic hydroxyl groups excluding tert-OH is 1. The minimum absolute atomic E-state index is 0.0475. The monoisotopic (exact) mass is 241 g/mol. The Morgan fingerprint density at radius 3 is 2.76 bits per heavy atom. The van der Waals surface area contributed by atoms with Crippen molar-refractivity contribution in [2.75, 3.05) is 13.2 Å². The Labute approximate surface area is 97.7 Å². The molecule has 0 aromatic heterocycles. The lowest BCUT2D eigenvalue weighted by atomic mass is 10.1. The van der Waals surface area contributed by atoms with Crippen LogP contribution in [0.25, 0.3) is 0 Å². The topological polar surface area (TPSA) is 40.5 Å². The number of carbonyl (C=O) groups excluding carboxylic acids is 1. The summed E-state index contributed by atoms with van der Waals surface area (Å²) in [5.74, 6) is -1.46. The van der Waals surface area contributed by atoms with Crippen molar-refractivity contribution >= 4 is 5.91 Å². The average molecular weight is 241 g/mol. The predicted octanol–water partition coefficient (Wildman–Crippen LogP) is 1.31. The number of halogens is 2. The third-order valence-corrected chi connectivity index (χ3v) is 2.93. The van der Waals surface area contributed by atoms with Crippen molar-refractivity contribution in [2.45, 2.75) is 13.0 Å². The zero-order chi connectivity index (χ0) is 12.4. The molecule has 1 unspecified atom stereocenters. The van der Waals surface area contributed by atoms with Gasteiger partial charge in [0.05, 0.1) is 0 Å². The molecular formula is C12H13F2NO2. The fourth-order valence-electron chi connectivity index (χ4n) is 1.98. The highest BCUT2D eigenvalue weighted by atomic mass is 19.1. The first-order chi connectivity index (χ1) is 8.10. The zero-order valence-corrected chi connectivity index (χ0v) is 9.20. The van der Waals surface area contributed by atoms with Crippen molar-refractivity contribution in [2.24, 2.45) is 5.92 Å². The first kappa shape index (κ1) is 12.0. The van der Waals surface area contributed by atoms with Crippen LogP contribution in [0.15, 0.2) is 18.2 Å². The summed E-state index contributed by atoms with van der Waals surface area (Å²) < 4.78 is 26.1. The van der Waals surface area contributed by atoms with Crippen molar-refractivity contribution in [3.63, 3.8) is 0 Å². The number of carbonyl (C=O) groups is 1. The highest BCUT2D eigenvalue weighted by Gasteiger charge is 2.29. The molecule has 0 radical (unpaired) electrons. The number of aliphatic hydroxyl groups is 1. The van der Waals surface area contributed by atoms with E-state index in [0.29, 0.717) is 18.5 Å². The Bertz CT molecular complexity index is 437. The van der Waals surface area contributed by atoms with E-state index in [1.807, 2.05) is 0 Å². The molecule has 1 heterocycles. The lowest BCUT2D eigenvalue weighted by Crippen LogP contribution is -2.25. The first-order valence-corrected chi connectivity index (χ1v) is 5.42. The van der Waals surface area contributed by atoms with Crippen molar-refractivity contribution in [3.8, 4) is 0 Å². The van der Waals surface area contributed by atoms with Crippen LogP contribution in [0.2, 0.25) is 0 Å². The Morgan fingerprint density at radius 2 is 2.18 bits per heavy atom. The fourth-order valence-corrected chi connectivity index (χ4v) is 1.98. The summed E-state index contributed by atoms with van der Waals surface area (Å²) in [6, 6.07) is 3.31. The summed E-state index contributed by atoms with van der Waals surface area (Å²) in [5, 5.41) is 8.96. The van der Waals surface area contributed by atoms with Crippen LogP contribution in [0.5, 0.6) is 0 Å². The minimum Gasteiger partial charge on any atom is -0.396 e. The Kier molecular flexibility index (Phi) is 3.38. The standard InChI is InChI=1S/C12H13F2NO2/c13-10-2-1-9(11(14)4-10)6-15-5-8(7-16)3-12(15)17/h1-2,4,8,16H,3,5-7H2. The highest BCUT2D eigenvalue weighted by molar-refractivity contribution is 5.78. The lowest BCUT2D eigenvalue weighted by Gasteiger charge is -2.16. The summed E-state index contributed by atoms with van der Waals surface area (Å²) in [6.45, 7) is 0.502. The molecule has 1 aromatic rings. The molecule has 1 saturated heterocycles. The second kappa shape index (κ2) is 4.79. The molecular weight excluding hydrogens is 228 g/mol. The van der Waals surface area contributed by atoms with Crippen molar-refractivity contribution < 1.29 is 18.7 Å². The Hall–Kier alpha value is -1.49. The number of rotatable bonds is 3. The molecule has 17 heavy (non-hydrogen) atoms. The molecule has 5 heteroatoms. The average Bonchev–Trinajstić information content (AvgIpc) is 2.64. The summed E-state index contributed by atoms with van der Waals surface area (Å²) in [5.41, 5.74) is 0.290. The molecule has 0 saturated carbocycles. The molecule has 0 spiro atoms. The van der Waals surface area contributed by atoms with Crippen molar-refractivity contribution in [3.05, 3.63) is 35.4 Å². The van der Waals surface area contributed by atoms with Gasteiger partial charge in [-0.3, -0.25) is 4.79 Å². The smallest absolute Gasteiger partial charge is 0.223 e. The predicted molar refractivity (Wildman–Crippen MR) is 57.0 cm³/mol. The molecule has 1 N–H and O–H groups in total. The van der Waals surface area contributed by atoms with Crippen LogP contribution in [0.1, 0.15) is 12.0 Å². The quantitative estimate of drug-likeness (QED) is 0.866. The van der Waals surface area contributed by atoms with Gasteiger partial charge in [0, 0.05) is 43.7 Å². The number of hydrogen-bond acceptors (Lipinski definition) is 2. The number of nitrogens with zero attached hydrogens (tertiary/aromatic N) is 1. The molecule has 92 valence electrons. The van der Waals surface area contributed by atoms with Crippen LogP contribution in [-0.4, -0.2) is 29.1 Å². The molecule has 0 bridgehead atoms. The minimum atomic E-state index is -0.648. The van der Waals surface area contributed by atoms with Gasteiger partial charge >= 0.3 is 0 Å². The van der Waals surface area contributed by atoms with Gasteiger partial charge in [-0.2, -0.15) is 0 Å². The third kappa shape index (κ3) is 2.61. The van der Waals surface area contributed by atoms with Crippen LogP contribution >= 0.6 is 0 Å². The largest absolute Gasteiger partial charge is 0.396 e. The summed E-state index contributed by atoms with van der Waals surface area (Å²) in [6.07, 6.45) is 0.291. The second-order valence-electron chi connectivity index (χ2n) is 4.26. The number of benzene rings is 1. The SMILES string of the molecule is O=C1CC(CO)CN1Cc1ccc(F)cc1F. The molecule has 2 rings (SSSR count). The van der Waals surface area contributed by atoms with Crippen LogP contribution in [0, 0.1) is 17.6 Å². The normalized spacial score (nSPS) is 20.1. The molecule has 1 amide bonds. The van der Waals surface area contributed by atoms with E-state index in [1.54, 1.807) is 0 Å². The van der Waals surface area contributed by atoms with Gasteiger partial charge in [-0.15, -0.1) is 0 Å². The van der Waals surface area contributed by atoms with Gasteiger partial charge in [0.2, 0.25) is 5.91 Å². The van der Waals surface area contributed by atoms with Gasteiger partial charge in [-0.05, 0) is 6.07 Å².